The summed E-state index contributed by atoms with van der Waals surface area (Å²) in [6.45, 7) is 2.76. The van der Waals surface area contributed by atoms with Crippen LogP contribution in [-0.2, 0) is 14.3 Å². The molecule has 5 heteroatoms. The molecule has 0 aromatic rings. The van der Waals surface area contributed by atoms with Crippen molar-refractivity contribution in [3.05, 3.63) is 0 Å². The predicted molar refractivity (Wildman–Crippen MR) is 45.8 cm³/mol. The summed E-state index contributed by atoms with van der Waals surface area (Å²) in [5.41, 5.74) is 0. The SMILES string of the molecule is COC(=O)CCN1CNC(C)C1=O. The number of hydrogen-bond donors (Lipinski definition) is 1. The van der Waals surface area contributed by atoms with Crippen molar-refractivity contribution in [1.82, 2.24) is 10.2 Å². The Kier molecular flexibility index (Phi) is 3.25. The molecule has 13 heavy (non-hydrogen) atoms. The Morgan fingerprint density at radius 3 is 2.92 bits per heavy atom. The Balaban J connectivity index is 2.30. The summed E-state index contributed by atoms with van der Waals surface area (Å²) in [7, 11) is 1.34. The van der Waals surface area contributed by atoms with Crippen molar-refractivity contribution in [2.45, 2.75) is 19.4 Å². The summed E-state index contributed by atoms with van der Waals surface area (Å²) in [6.07, 6.45) is 0.261. The highest BCUT2D eigenvalue weighted by atomic mass is 16.5. The lowest BCUT2D eigenvalue weighted by Crippen LogP contribution is -2.30. The van der Waals surface area contributed by atoms with Gasteiger partial charge in [0.15, 0.2) is 0 Å². The molecule has 0 spiro atoms. The number of rotatable bonds is 3. The van der Waals surface area contributed by atoms with Gasteiger partial charge in [-0.15, -0.1) is 0 Å². The van der Waals surface area contributed by atoms with Crippen LogP contribution in [0.15, 0.2) is 0 Å². The predicted octanol–water partition coefficient (Wildman–Crippen LogP) is -0.673. The normalized spacial score (nSPS) is 22.2. The van der Waals surface area contributed by atoms with Crippen LogP contribution in [0.3, 0.4) is 0 Å². The van der Waals surface area contributed by atoms with E-state index in [-0.39, 0.29) is 24.3 Å². The first-order valence-electron chi connectivity index (χ1n) is 4.24. The monoisotopic (exact) mass is 186 g/mol. The summed E-state index contributed by atoms with van der Waals surface area (Å²) in [4.78, 5) is 23.7. The van der Waals surface area contributed by atoms with Crippen molar-refractivity contribution in [3.8, 4) is 0 Å². The number of carbonyl (C=O) groups is 2. The maximum Gasteiger partial charge on any atom is 0.307 e. The van der Waals surface area contributed by atoms with Gasteiger partial charge in [0.1, 0.15) is 0 Å². The molecule has 0 aromatic carbocycles. The number of hydrogen-bond acceptors (Lipinski definition) is 4. The van der Waals surface area contributed by atoms with E-state index in [1.807, 2.05) is 0 Å². The van der Waals surface area contributed by atoms with Gasteiger partial charge >= 0.3 is 5.97 Å². The first-order valence-corrected chi connectivity index (χ1v) is 4.24. The van der Waals surface area contributed by atoms with Gasteiger partial charge in [-0.05, 0) is 6.92 Å². The molecule has 1 heterocycles. The molecule has 1 rings (SSSR count). The number of nitrogens with one attached hydrogen (secondary N) is 1. The minimum absolute atomic E-state index is 0.0453. The van der Waals surface area contributed by atoms with Gasteiger partial charge in [0.25, 0.3) is 0 Å². The van der Waals surface area contributed by atoms with Gasteiger partial charge in [0.2, 0.25) is 5.91 Å². The van der Waals surface area contributed by atoms with E-state index in [4.69, 9.17) is 0 Å². The van der Waals surface area contributed by atoms with E-state index in [9.17, 15) is 9.59 Å². The largest absolute Gasteiger partial charge is 0.469 e. The third-order valence-corrected chi connectivity index (χ3v) is 2.08. The molecule has 1 saturated heterocycles. The van der Waals surface area contributed by atoms with Crippen LogP contribution in [0, 0.1) is 0 Å². The van der Waals surface area contributed by atoms with Gasteiger partial charge in [-0.2, -0.15) is 0 Å². The van der Waals surface area contributed by atoms with Crippen molar-refractivity contribution >= 4 is 11.9 Å². The fraction of sp³-hybridized carbons (Fsp3) is 0.750. The maximum absolute atomic E-state index is 11.3. The molecule has 1 amide bonds. The highest BCUT2D eigenvalue weighted by molar-refractivity contribution is 5.83. The molecule has 1 fully saturated rings. The van der Waals surface area contributed by atoms with E-state index in [1.165, 1.54) is 7.11 Å². The summed E-state index contributed by atoms with van der Waals surface area (Å²) in [5, 5.41) is 2.99. The fourth-order valence-corrected chi connectivity index (χ4v) is 1.20. The van der Waals surface area contributed by atoms with Gasteiger partial charge < -0.3 is 9.64 Å². The van der Waals surface area contributed by atoms with E-state index in [0.29, 0.717) is 13.2 Å². The third-order valence-electron chi connectivity index (χ3n) is 2.08. The van der Waals surface area contributed by atoms with Gasteiger partial charge in [-0.25, -0.2) is 0 Å². The molecular formula is C8H14N2O3. The fourth-order valence-electron chi connectivity index (χ4n) is 1.20. The lowest BCUT2D eigenvalue weighted by atomic mass is 10.3. The standard InChI is InChI=1S/C8H14N2O3/c1-6-8(12)10(5-9-6)4-3-7(11)13-2/h6,9H,3-5H2,1-2H3. The molecule has 0 bridgehead atoms. The molecule has 0 aliphatic carbocycles. The summed E-state index contributed by atoms with van der Waals surface area (Å²) >= 11 is 0. The van der Waals surface area contributed by atoms with E-state index >= 15 is 0 Å². The molecule has 0 aromatic heterocycles. The third kappa shape index (κ3) is 2.42. The number of amides is 1. The second kappa shape index (κ2) is 4.23. The molecule has 1 atom stereocenters. The number of ether oxygens (including phenoxy) is 1. The zero-order valence-electron chi connectivity index (χ0n) is 7.87. The molecule has 1 unspecified atom stereocenters. The van der Waals surface area contributed by atoms with Crippen LogP contribution < -0.4 is 5.32 Å². The number of esters is 1. The number of nitrogens with zero attached hydrogens (tertiary/aromatic N) is 1. The molecule has 0 saturated carbocycles. The van der Waals surface area contributed by atoms with Crippen LogP contribution in [0.4, 0.5) is 0 Å². The minimum atomic E-state index is -0.285. The zero-order chi connectivity index (χ0) is 9.84. The second-order valence-corrected chi connectivity index (χ2v) is 3.01. The van der Waals surface area contributed by atoms with Crippen LogP contribution >= 0.6 is 0 Å². The Morgan fingerprint density at radius 1 is 1.77 bits per heavy atom. The minimum Gasteiger partial charge on any atom is -0.469 e. The summed E-state index contributed by atoms with van der Waals surface area (Å²) < 4.78 is 4.47. The average molecular weight is 186 g/mol. The van der Waals surface area contributed by atoms with Gasteiger partial charge in [0.05, 0.1) is 26.2 Å². The first-order chi connectivity index (χ1) is 6.15. The Morgan fingerprint density at radius 2 is 2.46 bits per heavy atom. The Labute approximate surface area is 77.0 Å². The Bertz CT molecular complexity index is 217. The first kappa shape index (κ1) is 9.98. The van der Waals surface area contributed by atoms with Crippen LogP contribution in [0.25, 0.3) is 0 Å². The van der Waals surface area contributed by atoms with Crippen molar-refractivity contribution in [2.75, 3.05) is 20.3 Å². The molecule has 5 nitrogen and oxygen atoms in total. The molecule has 1 N–H and O–H groups in total. The van der Waals surface area contributed by atoms with Crippen molar-refractivity contribution in [3.63, 3.8) is 0 Å². The number of methoxy groups -OCH3 is 1. The smallest absolute Gasteiger partial charge is 0.307 e. The number of carbonyl (C=O) groups excluding carboxylic acids is 2. The van der Waals surface area contributed by atoms with Crippen molar-refractivity contribution in [1.29, 1.82) is 0 Å². The van der Waals surface area contributed by atoms with Crippen molar-refractivity contribution in [2.24, 2.45) is 0 Å². The molecule has 1 aliphatic heterocycles. The quantitative estimate of drug-likeness (QED) is 0.594. The van der Waals surface area contributed by atoms with Gasteiger partial charge in [-0.3, -0.25) is 14.9 Å². The molecule has 0 radical (unpaired) electrons. The molecule has 74 valence electrons. The topological polar surface area (TPSA) is 58.6 Å². The van der Waals surface area contributed by atoms with Crippen LogP contribution in [0.5, 0.6) is 0 Å². The summed E-state index contributed by atoms with van der Waals surface area (Å²) in [6, 6.07) is -0.127. The van der Waals surface area contributed by atoms with Crippen LogP contribution in [0.2, 0.25) is 0 Å². The van der Waals surface area contributed by atoms with E-state index < -0.39 is 0 Å². The van der Waals surface area contributed by atoms with Gasteiger partial charge in [0, 0.05) is 6.54 Å². The van der Waals surface area contributed by atoms with Crippen molar-refractivity contribution < 1.29 is 14.3 Å². The highest BCUT2D eigenvalue weighted by Gasteiger charge is 2.27. The second-order valence-electron chi connectivity index (χ2n) is 3.01. The highest BCUT2D eigenvalue weighted by Crippen LogP contribution is 2.03. The lowest BCUT2D eigenvalue weighted by molar-refractivity contribution is -0.141. The van der Waals surface area contributed by atoms with Crippen LogP contribution in [-0.4, -0.2) is 43.1 Å². The van der Waals surface area contributed by atoms with E-state index in [1.54, 1.807) is 11.8 Å². The molecule has 1 aliphatic rings. The van der Waals surface area contributed by atoms with E-state index in [2.05, 4.69) is 10.1 Å². The zero-order valence-corrected chi connectivity index (χ0v) is 7.87. The summed E-state index contributed by atoms with van der Waals surface area (Å²) in [5.74, 6) is -0.240. The maximum atomic E-state index is 11.3. The van der Waals surface area contributed by atoms with Gasteiger partial charge in [-0.1, -0.05) is 0 Å². The Hall–Kier alpha value is -1.10. The van der Waals surface area contributed by atoms with E-state index in [0.717, 1.165) is 0 Å². The average Bonchev–Trinajstić information content (AvgIpc) is 2.44. The lowest BCUT2D eigenvalue weighted by Gasteiger charge is -2.13. The molecular weight excluding hydrogens is 172 g/mol. The van der Waals surface area contributed by atoms with Crippen LogP contribution in [0.1, 0.15) is 13.3 Å².